The topological polar surface area (TPSA) is 33.7 Å². The number of rotatable bonds is 7. The van der Waals surface area contributed by atoms with Crippen LogP contribution in [0, 0.1) is 0 Å². The molecule has 0 radical (unpaired) electrons. The standard InChI is InChI=1S/C17H28N2O2/c1-13-8-9-16(21-13)11-18-12-17(19(2)3)14-6-5-7-15(10-14)20-4/h5-7,10,13,16-18H,8-9,11-12H2,1-4H3. The van der Waals surface area contributed by atoms with Crippen LogP contribution in [0.25, 0.3) is 0 Å². The van der Waals surface area contributed by atoms with Crippen LogP contribution in [0.4, 0.5) is 0 Å². The van der Waals surface area contributed by atoms with E-state index in [1.54, 1.807) is 7.11 Å². The van der Waals surface area contributed by atoms with Crippen molar-refractivity contribution >= 4 is 0 Å². The summed E-state index contributed by atoms with van der Waals surface area (Å²) < 4.78 is 11.2. The normalized spacial score (nSPS) is 23.5. The maximum absolute atomic E-state index is 5.85. The Labute approximate surface area is 128 Å². The number of nitrogens with zero attached hydrogens (tertiary/aromatic N) is 1. The summed E-state index contributed by atoms with van der Waals surface area (Å²) in [5.74, 6) is 0.910. The highest BCUT2D eigenvalue weighted by molar-refractivity contribution is 5.30. The fourth-order valence-corrected chi connectivity index (χ4v) is 2.86. The van der Waals surface area contributed by atoms with Gasteiger partial charge in [0.2, 0.25) is 0 Å². The van der Waals surface area contributed by atoms with Crippen molar-refractivity contribution in [3.05, 3.63) is 29.8 Å². The van der Waals surface area contributed by atoms with Gasteiger partial charge in [-0.1, -0.05) is 12.1 Å². The van der Waals surface area contributed by atoms with Gasteiger partial charge in [-0.2, -0.15) is 0 Å². The van der Waals surface area contributed by atoms with Crippen molar-refractivity contribution in [1.29, 1.82) is 0 Å². The van der Waals surface area contributed by atoms with Crippen molar-refractivity contribution in [3.8, 4) is 5.75 Å². The molecule has 3 atom stereocenters. The van der Waals surface area contributed by atoms with Gasteiger partial charge in [-0.15, -0.1) is 0 Å². The highest BCUT2D eigenvalue weighted by atomic mass is 16.5. The van der Waals surface area contributed by atoms with Gasteiger partial charge in [-0.05, 0) is 51.6 Å². The van der Waals surface area contributed by atoms with E-state index in [0.29, 0.717) is 18.2 Å². The maximum atomic E-state index is 5.85. The molecule has 1 heterocycles. The van der Waals surface area contributed by atoms with Crippen LogP contribution in [-0.2, 0) is 4.74 Å². The van der Waals surface area contributed by atoms with Gasteiger partial charge in [0.1, 0.15) is 5.75 Å². The van der Waals surface area contributed by atoms with Crippen molar-refractivity contribution in [2.45, 2.75) is 38.0 Å². The van der Waals surface area contributed by atoms with Crippen molar-refractivity contribution in [2.75, 3.05) is 34.3 Å². The first-order chi connectivity index (χ1) is 10.1. The third-order valence-corrected chi connectivity index (χ3v) is 4.13. The minimum Gasteiger partial charge on any atom is -0.497 e. The third kappa shape index (κ3) is 4.70. The third-order valence-electron chi connectivity index (χ3n) is 4.13. The van der Waals surface area contributed by atoms with Gasteiger partial charge in [-0.3, -0.25) is 0 Å². The maximum Gasteiger partial charge on any atom is 0.119 e. The van der Waals surface area contributed by atoms with Crippen LogP contribution in [0.1, 0.15) is 31.4 Å². The number of likely N-dealkylation sites (N-methyl/N-ethyl adjacent to an activating group) is 1. The van der Waals surface area contributed by atoms with E-state index in [9.17, 15) is 0 Å². The predicted molar refractivity (Wildman–Crippen MR) is 85.9 cm³/mol. The zero-order valence-electron chi connectivity index (χ0n) is 13.6. The molecule has 2 rings (SSSR count). The van der Waals surface area contributed by atoms with Gasteiger partial charge in [0.05, 0.1) is 19.3 Å². The Morgan fingerprint density at radius 1 is 1.38 bits per heavy atom. The van der Waals surface area contributed by atoms with Crippen LogP contribution >= 0.6 is 0 Å². The van der Waals surface area contributed by atoms with Crippen molar-refractivity contribution in [3.63, 3.8) is 0 Å². The second kappa shape index (κ2) is 7.78. The second-order valence-electron chi connectivity index (χ2n) is 6.06. The molecule has 0 spiro atoms. The van der Waals surface area contributed by atoms with Crippen molar-refractivity contribution in [1.82, 2.24) is 10.2 Å². The first-order valence-corrected chi connectivity index (χ1v) is 7.76. The average Bonchev–Trinajstić information content (AvgIpc) is 2.89. The Hall–Kier alpha value is -1.10. The molecule has 1 fully saturated rings. The Morgan fingerprint density at radius 2 is 2.19 bits per heavy atom. The molecular formula is C17H28N2O2. The summed E-state index contributed by atoms with van der Waals surface area (Å²) in [4.78, 5) is 2.24. The zero-order chi connectivity index (χ0) is 15.2. The van der Waals surface area contributed by atoms with Crippen molar-refractivity contribution < 1.29 is 9.47 Å². The fourth-order valence-electron chi connectivity index (χ4n) is 2.86. The van der Waals surface area contributed by atoms with Crippen LogP contribution in [0.3, 0.4) is 0 Å². The molecule has 0 bridgehead atoms. The van der Waals surface area contributed by atoms with Crippen molar-refractivity contribution in [2.24, 2.45) is 0 Å². The highest BCUT2D eigenvalue weighted by Crippen LogP contribution is 2.22. The lowest BCUT2D eigenvalue weighted by Gasteiger charge is -2.26. The van der Waals surface area contributed by atoms with E-state index in [0.717, 1.165) is 18.8 Å². The molecule has 1 aromatic carbocycles. The van der Waals surface area contributed by atoms with Gasteiger partial charge < -0.3 is 19.7 Å². The first-order valence-electron chi connectivity index (χ1n) is 7.76. The smallest absolute Gasteiger partial charge is 0.119 e. The van der Waals surface area contributed by atoms with Gasteiger partial charge in [0.15, 0.2) is 0 Å². The van der Waals surface area contributed by atoms with Gasteiger partial charge in [-0.25, -0.2) is 0 Å². The fraction of sp³-hybridized carbons (Fsp3) is 0.647. The molecule has 118 valence electrons. The monoisotopic (exact) mass is 292 g/mol. The minimum absolute atomic E-state index is 0.332. The number of ether oxygens (including phenoxy) is 2. The molecule has 21 heavy (non-hydrogen) atoms. The van der Waals surface area contributed by atoms with E-state index in [1.807, 2.05) is 12.1 Å². The molecule has 0 aromatic heterocycles. The summed E-state index contributed by atoms with van der Waals surface area (Å²) in [6.07, 6.45) is 3.13. The summed E-state index contributed by atoms with van der Waals surface area (Å²) in [6.45, 7) is 3.99. The predicted octanol–water partition coefficient (Wildman–Crippen LogP) is 2.46. The Morgan fingerprint density at radius 3 is 2.81 bits per heavy atom. The van der Waals surface area contributed by atoms with Crippen LogP contribution < -0.4 is 10.1 Å². The Balaban J connectivity index is 1.89. The number of methoxy groups -OCH3 is 1. The van der Waals surface area contributed by atoms with Gasteiger partial charge in [0.25, 0.3) is 0 Å². The quantitative estimate of drug-likeness (QED) is 0.837. The number of hydrogen-bond acceptors (Lipinski definition) is 4. The van der Waals surface area contributed by atoms with Crippen LogP contribution in [-0.4, -0.2) is 51.4 Å². The number of benzene rings is 1. The molecule has 1 N–H and O–H groups in total. The lowest BCUT2D eigenvalue weighted by atomic mass is 10.1. The van der Waals surface area contributed by atoms with E-state index < -0.39 is 0 Å². The van der Waals surface area contributed by atoms with E-state index in [-0.39, 0.29) is 0 Å². The summed E-state index contributed by atoms with van der Waals surface area (Å²) in [5.41, 5.74) is 1.27. The van der Waals surface area contributed by atoms with E-state index >= 15 is 0 Å². The van der Waals surface area contributed by atoms with Crippen LogP contribution in [0.5, 0.6) is 5.75 Å². The molecule has 3 unspecified atom stereocenters. The minimum atomic E-state index is 0.332. The van der Waals surface area contributed by atoms with Crippen LogP contribution in [0.15, 0.2) is 24.3 Å². The number of nitrogens with one attached hydrogen (secondary N) is 1. The van der Waals surface area contributed by atoms with E-state index in [4.69, 9.17) is 9.47 Å². The Kier molecular flexibility index (Phi) is 6.03. The molecule has 1 saturated heterocycles. The molecule has 1 aliphatic rings. The average molecular weight is 292 g/mol. The summed E-state index contributed by atoms with van der Waals surface area (Å²) in [5, 5.41) is 3.56. The molecule has 0 aliphatic carbocycles. The summed E-state index contributed by atoms with van der Waals surface area (Å²) in [7, 11) is 5.93. The zero-order valence-corrected chi connectivity index (χ0v) is 13.6. The van der Waals surface area contributed by atoms with E-state index in [2.05, 4.69) is 43.4 Å². The molecule has 1 aliphatic heterocycles. The molecule has 1 aromatic rings. The second-order valence-corrected chi connectivity index (χ2v) is 6.06. The molecule has 4 nitrogen and oxygen atoms in total. The number of hydrogen-bond donors (Lipinski definition) is 1. The molecule has 0 amide bonds. The first kappa shape index (κ1) is 16.3. The van der Waals surface area contributed by atoms with Crippen LogP contribution in [0.2, 0.25) is 0 Å². The molecule has 4 heteroatoms. The summed E-state index contributed by atoms with van der Waals surface area (Å²) in [6, 6.07) is 8.63. The largest absolute Gasteiger partial charge is 0.497 e. The Bertz CT molecular complexity index is 437. The lowest BCUT2D eigenvalue weighted by molar-refractivity contribution is 0.0551. The SMILES string of the molecule is COc1cccc(C(CNCC2CCC(C)O2)N(C)C)c1. The highest BCUT2D eigenvalue weighted by Gasteiger charge is 2.22. The van der Waals surface area contributed by atoms with Gasteiger partial charge >= 0.3 is 0 Å². The van der Waals surface area contributed by atoms with E-state index in [1.165, 1.54) is 18.4 Å². The molecule has 0 saturated carbocycles. The van der Waals surface area contributed by atoms with Gasteiger partial charge in [0, 0.05) is 19.1 Å². The summed E-state index contributed by atoms with van der Waals surface area (Å²) >= 11 is 0. The molecular weight excluding hydrogens is 264 g/mol. The lowest BCUT2D eigenvalue weighted by Crippen LogP contribution is -2.35.